The molecular weight excluding hydrogens is 240 g/mol. The second-order valence-corrected chi connectivity index (χ2v) is 3.73. The second kappa shape index (κ2) is 6.38. The zero-order valence-corrected chi connectivity index (χ0v) is 10.8. The van der Waals surface area contributed by atoms with Crippen LogP contribution in [0.3, 0.4) is 0 Å². The van der Waals surface area contributed by atoms with E-state index in [1.807, 2.05) is 48.5 Å². The summed E-state index contributed by atoms with van der Waals surface area (Å²) in [5.41, 5.74) is 1.48. The zero-order chi connectivity index (χ0) is 13.5. The Labute approximate surface area is 112 Å². The van der Waals surface area contributed by atoms with E-state index in [0.717, 1.165) is 22.9 Å². The van der Waals surface area contributed by atoms with Gasteiger partial charge in [0.1, 0.15) is 17.5 Å². The molecular formula is C15H14N2O2. The summed E-state index contributed by atoms with van der Waals surface area (Å²) in [6.07, 6.45) is 0. The van der Waals surface area contributed by atoms with Gasteiger partial charge in [0.05, 0.1) is 25.6 Å². The molecule has 4 heteroatoms. The molecule has 0 amide bonds. The van der Waals surface area contributed by atoms with Gasteiger partial charge >= 0.3 is 0 Å². The van der Waals surface area contributed by atoms with E-state index in [0.29, 0.717) is 0 Å². The van der Waals surface area contributed by atoms with Gasteiger partial charge in [-0.25, -0.2) is 0 Å². The monoisotopic (exact) mass is 254 g/mol. The lowest BCUT2D eigenvalue weighted by Gasteiger charge is -1.98. The van der Waals surface area contributed by atoms with E-state index in [9.17, 15) is 0 Å². The molecule has 0 saturated heterocycles. The highest BCUT2D eigenvalue weighted by atomic mass is 16.5. The first kappa shape index (κ1) is 12.9. The van der Waals surface area contributed by atoms with Crippen LogP contribution in [0.25, 0.3) is 0 Å². The highest BCUT2D eigenvalue weighted by Gasteiger charge is 1.93. The van der Waals surface area contributed by atoms with Crippen LogP contribution in [0.5, 0.6) is 11.5 Å². The van der Waals surface area contributed by atoms with Crippen molar-refractivity contribution in [2.45, 2.75) is 0 Å². The third kappa shape index (κ3) is 3.69. The first-order valence-electron chi connectivity index (χ1n) is 5.76. The largest absolute Gasteiger partial charge is 0.497 e. The molecule has 0 heterocycles. The lowest BCUT2D eigenvalue weighted by atomic mass is 10.3. The van der Waals surface area contributed by atoms with Gasteiger partial charge in [0.25, 0.3) is 0 Å². The van der Waals surface area contributed by atoms with E-state index in [4.69, 9.17) is 9.47 Å². The maximum Gasteiger partial charge on any atom is 0.121 e. The fourth-order valence-electron chi connectivity index (χ4n) is 1.50. The molecule has 2 aromatic rings. The highest BCUT2D eigenvalue weighted by Crippen LogP contribution is 2.20. The van der Waals surface area contributed by atoms with Crippen molar-refractivity contribution in [1.82, 2.24) is 0 Å². The molecule has 0 aromatic heterocycles. The van der Waals surface area contributed by atoms with Gasteiger partial charge in [-0.1, -0.05) is 12.1 Å². The van der Waals surface area contributed by atoms with Crippen molar-refractivity contribution < 1.29 is 9.47 Å². The molecule has 2 aromatic carbocycles. The van der Waals surface area contributed by atoms with Crippen molar-refractivity contribution in [3.63, 3.8) is 0 Å². The van der Waals surface area contributed by atoms with Gasteiger partial charge in [0.2, 0.25) is 0 Å². The Morgan fingerprint density at radius 1 is 0.789 bits per heavy atom. The van der Waals surface area contributed by atoms with Crippen LogP contribution in [0, 0.1) is 0 Å². The summed E-state index contributed by atoms with van der Waals surface area (Å²) in [5.74, 6) is 1.51. The van der Waals surface area contributed by atoms with Crippen LogP contribution >= 0.6 is 0 Å². The lowest BCUT2D eigenvalue weighted by Crippen LogP contribution is -1.80. The third-order valence-corrected chi connectivity index (χ3v) is 2.46. The second-order valence-electron chi connectivity index (χ2n) is 3.73. The van der Waals surface area contributed by atoms with E-state index in [1.54, 1.807) is 14.2 Å². The predicted octanol–water partition coefficient (Wildman–Crippen LogP) is 3.84. The molecule has 0 aliphatic carbocycles. The summed E-state index contributed by atoms with van der Waals surface area (Å²) < 4.78 is 10.2. The molecule has 4 nitrogen and oxygen atoms in total. The quantitative estimate of drug-likeness (QED) is 0.778. The number of ether oxygens (including phenoxy) is 2. The number of benzene rings is 2. The molecule has 0 bridgehead atoms. The summed E-state index contributed by atoms with van der Waals surface area (Å²) in [6, 6.07) is 17.5. The summed E-state index contributed by atoms with van der Waals surface area (Å²) in [4.78, 5) is 8.26. The van der Waals surface area contributed by atoms with E-state index >= 15 is 0 Å². The van der Waals surface area contributed by atoms with Crippen LogP contribution in [0.2, 0.25) is 0 Å². The SMILES string of the molecule is COc1cccc(N=C=Nc2cccc(OC)c2)c1. The molecule has 0 radical (unpaired) electrons. The first-order chi connectivity index (χ1) is 9.31. The summed E-state index contributed by atoms with van der Waals surface area (Å²) >= 11 is 0. The molecule has 19 heavy (non-hydrogen) atoms. The van der Waals surface area contributed by atoms with Gasteiger partial charge in [-0.3, -0.25) is 0 Å². The van der Waals surface area contributed by atoms with E-state index in [1.165, 1.54) is 0 Å². The Morgan fingerprint density at radius 2 is 1.26 bits per heavy atom. The smallest absolute Gasteiger partial charge is 0.121 e. The topological polar surface area (TPSA) is 43.2 Å². The lowest BCUT2D eigenvalue weighted by molar-refractivity contribution is 0.415. The fourth-order valence-corrected chi connectivity index (χ4v) is 1.50. The number of hydrogen-bond acceptors (Lipinski definition) is 4. The maximum atomic E-state index is 5.11. The Kier molecular flexibility index (Phi) is 4.32. The van der Waals surface area contributed by atoms with Crippen LogP contribution < -0.4 is 9.47 Å². The van der Waals surface area contributed by atoms with Gasteiger partial charge in [0, 0.05) is 12.1 Å². The molecule has 0 spiro atoms. The Bertz CT molecular complexity index is 566. The van der Waals surface area contributed by atoms with Crippen molar-refractivity contribution in [1.29, 1.82) is 0 Å². The summed E-state index contributed by atoms with van der Waals surface area (Å²) in [6.45, 7) is 0. The Balaban J connectivity index is 2.18. The zero-order valence-electron chi connectivity index (χ0n) is 10.8. The minimum Gasteiger partial charge on any atom is -0.497 e. The summed E-state index contributed by atoms with van der Waals surface area (Å²) in [7, 11) is 3.24. The van der Waals surface area contributed by atoms with Crippen molar-refractivity contribution in [2.24, 2.45) is 9.98 Å². The number of aliphatic imine (C=N–C) groups is 2. The molecule has 0 aliphatic heterocycles. The van der Waals surface area contributed by atoms with Gasteiger partial charge in [-0.15, -0.1) is 0 Å². The van der Waals surface area contributed by atoms with Crippen LogP contribution in [0.1, 0.15) is 0 Å². The average molecular weight is 254 g/mol. The fraction of sp³-hybridized carbons (Fsp3) is 0.133. The Morgan fingerprint density at radius 3 is 1.68 bits per heavy atom. The van der Waals surface area contributed by atoms with Crippen LogP contribution in [0.4, 0.5) is 11.4 Å². The predicted molar refractivity (Wildman–Crippen MR) is 75.2 cm³/mol. The van der Waals surface area contributed by atoms with Crippen LogP contribution in [-0.4, -0.2) is 20.2 Å². The van der Waals surface area contributed by atoms with E-state index < -0.39 is 0 Å². The van der Waals surface area contributed by atoms with Crippen LogP contribution in [-0.2, 0) is 0 Å². The minimum absolute atomic E-state index is 0.742. The van der Waals surface area contributed by atoms with Gasteiger partial charge in [-0.05, 0) is 24.3 Å². The van der Waals surface area contributed by atoms with Gasteiger partial charge < -0.3 is 9.47 Å². The number of nitrogens with zero attached hydrogens (tertiary/aromatic N) is 2. The maximum absolute atomic E-state index is 5.11. The standard InChI is InChI=1S/C15H14N2O2/c1-18-14-7-3-5-12(9-14)16-11-17-13-6-4-8-15(10-13)19-2/h3-10H,1-2H3. The molecule has 96 valence electrons. The van der Waals surface area contributed by atoms with Crippen molar-refractivity contribution >= 4 is 17.4 Å². The molecule has 0 aliphatic rings. The molecule has 0 atom stereocenters. The van der Waals surface area contributed by atoms with Crippen molar-refractivity contribution in [3.8, 4) is 11.5 Å². The van der Waals surface area contributed by atoms with Gasteiger partial charge in [0.15, 0.2) is 0 Å². The molecule has 0 fully saturated rings. The normalized spacial score (nSPS) is 9.37. The van der Waals surface area contributed by atoms with E-state index in [-0.39, 0.29) is 0 Å². The summed E-state index contributed by atoms with van der Waals surface area (Å²) in [5, 5.41) is 0. The van der Waals surface area contributed by atoms with Crippen LogP contribution in [0.15, 0.2) is 58.5 Å². The highest BCUT2D eigenvalue weighted by molar-refractivity contribution is 5.59. The third-order valence-electron chi connectivity index (χ3n) is 2.46. The average Bonchev–Trinajstić information content (AvgIpc) is 2.48. The number of hydrogen-bond donors (Lipinski definition) is 0. The first-order valence-corrected chi connectivity index (χ1v) is 5.76. The Hall–Kier alpha value is -2.58. The molecule has 2 rings (SSSR count). The molecule has 0 unspecified atom stereocenters. The molecule has 0 saturated carbocycles. The van der Waals surface area contributed by atoms with Crippen molar-refractivity contribution in [3.05, 3.63) is 48.5 Å². The number of methoxy groups -OCH3 is 2. The van der Waals surface area contributed by atoms with E-state index in [2.05, 4.69) is 16.0 Å². The molecule has 0 N–H and O–H groups in total. The van der Waals surface area contributed by atoms with Crippen molar-refractivity contribution in [2.75, 3.05) is 14.2 Å². The van der Waals surface area contributed by atoms with Gasteiger partial charge in [-0.2, -0.15) is 9.98 Å². The minimum atomic E-state index is 0.742. The number of rotatable bonds is 4.